The number of hydrogen-bond donors (Lipinski definition) is 2. The summed E-state index contributed by atoms with van der Waals surface area (Å²) in [6.45, 7) is 5.95. The molecule has 8 nitrogen and oxygen atoms in total. The van der Waals surface area contributed by atoms with E-state index >= 15 is 0 Å². The Hall–Kier alpha value is -3.91. The largest absolute Gasteiger partial charge is 0.318 e. The molecule has 0 radical (unpaired) electrons. The Labute approximate surface area is 192 Å². The van der Waals surface area contributed by atoms with Crippen molar-refractivity contribution in [2.75, 3.05) is 13.6 Å². The van der Waals surface area contributed by atoms with Crippen LogP contribution in [-0.2, 0) is 6.54 Å². The number of aromatic amines is 1. The van der Waals surface area contributed by atoms with E-state index in [0.717, 1.165) is 63.7 Å². The van der Waals surface area contributed by atoms with Crippen LogP contribution in [0.3, 0.4) is 0 Å². The Bertz CT molecular complexity index is 1400. The lowest BCUT2D eigenvalue weighted by atomic mass is 10.1. The molecule has 0 unspecified atom stereocenters. The predicted molar refractivity (Wildman–Crippen MR) is 130 cm³/mol. The van der Waals surface area contributed by atoms with E-state index in [1.807, 2.05) is 72.8 Å². The van der Waals surface area contributed by atoms with Crippen LogP contribution in [0, 0.1) is 0 Å². The van der Waals surface area contributed by atoms with Crippen molar-refractivity contribution in [1.82, 2.24) is 40.2 Å². The zero-order chi connectivity index (χ0) is 22.8. The van der Waals surface area contributed by atoms with Gasteiger partial charge in [0.1, 0.15) is 5.69 Å². The van der Waals surface area contributed by atoms with E-state index in [1.54, 1.807) is 0 Å². The first-order valence-corrected chi connectivity index (χ1v) is 11.1. The molecule has 2 N–H and O–H groups in total. The number of fused-ring (bicyclic) bond motifs is 1. The molecular weight excluding hydrogens is 412 g/mol. The van der Waals surface area contributed by atoms with Gasteiger partial charge in [-0.2, -0.15) is 10.2 Å². The molecule has 5 aromatic heterocycles. The average Bonchev–Trinajstić information content (AvgIpc) is 3.52. The van der Waals surface area contributed by atoms with Crippen LogP contribution in [0.4, 0.5) is 0 Å². The zero-order valence-electron chi connectivity index (χ0n) is 18.9. The molecule has 0 aliphatic heterocycles. The van der Waals surface area contributed by atoms with Gasteiger partial charge in [0.2, 0.25) is 0 Å². The fourth-order valence-electron chi connectivity index (χ4n) is 3.75. The minimum absolute atomic E-state index is 0.345. The summed E-state index contributed by atoms with van der Waals surface area (Å²) in [6.07, 6.45) is 5.70. The summed E-state index contributed by atoms with van der Waals surface area (Å²) in [6, 6.07) is 14.1. The Morgan fingerprint density at radius 2 is 1.91 bits per heavy atom. The van der Waals surface area contributed by atoms with Crippen LogP contribution < -0.4 is 5.32 Å². The van der Waals surface area contributed by atoms with Crippen LogP contribution >= 0.6 is 0 Å². The van der Waals surface area contributed by atoms with E-state index in [4.69, 9.17) is 9.97 Å². The number of nitrogens with zero attached hydrogens (tertiary/aromatic N) is 6. The summed E-state index contributed by atoms with van der Waals surface area (Å²) in [4.78, 5) is 14.3. The van der Waals surface area contributed by atoms with Crippen molar-refractivity contribution in [1.29, 1.82) is 0 Å². The first kappa shape index (κ1) is 21.0. The van der Waals surface area contributed by atoms with E-state index in [9.17, 15) is 0 Å². The topological polar surface area (TPSA) is 97.2 Å². The number of nitrogens with one attached hydrogen (secondary N) is 2. The molecule has 0 saturated carbocycles. The average molecular weight is 439 g/mol. The van der Waals surface area contributed by atoms with Gasteiger partial charge in [0.25, 0.3) is 0 Å². The van der Waals surface area contributed by atoms with Crippen LogP contribution in [0.15, 0.2) is 61.1 Å². The minimum Gasteiger partial charge on any atom is -0.318 e. The van der Waals surface area contributed by atoms with Crippen LogP contribution in [-0.4, -0.2) is 48.5 Å². The Morgan fingerprint density at radius 3 is 2.76 bits per heavy atom. The summed E-state index contributed by atoms with van der Waals surface area (Å²) in [5.74, 6) is 0.345. The van der Waals surface area contributed by atoms with Crippen molar-refractivity contribution >= 4 is 11.0 Å². The van der Waals surface area contributed by atoms with E-state index in [1.165, 1.54) is 0 Å². The lowest BCUT2D eigenvalue weighted by Gasteiger charge is -2.08. The van der Waals surface area contributed by atoms with E-state index in [2.05, 4.69) is 39.4 Å². The van der Waals surface area contributed by atoms with Gasteiger partial charge < -0.3 is 5.32 Å². The molecule has 33 heavy (non-hydrogen) atoms. The van der Waals surface area contributed by atoms with Crippen molar-refractivity contribution in [3.8, 4) is 33.9 Å². The van der Waals surface area contributed by atoms with Crippen molar-refractivity contribution < 1.29 is 0 Å². The van der Waals surface area contributed by atoms with Crippen molar-refractivity contribution in [2.24, 2.45) is 0 Å². The highest BCUT2D eigenvalue weighted by Gasteiger charge is 2.15. The molecule has 0 bridgehead atoms. The summed E-state index contributed by atoms with van der Waals surface area (Å²) in [5.41, 5.74) is 7.85. The molecule has 0 amide bonds. The van der Waals surface area contributed by atoms with Gasteiger partial charge in [-0.1, -0.05) is 19.9 Å². The fraction of sp³-hybridized carbons (Fsp3) is 0.240. The van der Waals surface area contributed by atoms with Gasteiger partial charge in [0.05, 0.1) is 34.7 Å². The molecule has 0 spiro atoms. The third kappa shape index (κ3) is 4.25. The molecule has 0 saturated heterocycles. The second-order valence-corrected chi connectivity index (χ2v) is 8.28. The summed E-state index contributed by atoms with van der Waals surface area (Å²) in [7, 11) is 1.93. The fourth-order valence-corrected chi connectivity index (χ4v) is 3.75. The van der Waals surface area contributed by atoms with Gasteiger partial charge in [-0.15, -0.1) is 0 Å². The van der Waals surface area contributed by atoms with Crippen molar-refractivity contribution in [3.63, 3.8) is 0 Å². The number of pyridine rings is 3. The molecule has 0 aliphatic carbocycles. The lowest BCUT2D eigenvalue weighted by molar-refractivity contribution is 0.586. The molecule has 0 fully saturated rings. The third-order valence-corrected chi connectivity index (χ3v) is 5.59. The summed E-state index contributed by atoms with van der Waals surface area (Å²) < 4.78 is 1.93. The maximum atomic E-state index is 4.91. The van der Waals surface area contributed by atoms with Crippen molar-refractivity contribution in [3.05, 3.63) is 66.7 Å². The highest BCUT2D eigenvalue weighted by Crippen LogP contribution is 2.30. The standard InChI is InChI=1S/C25H26N8/c1-16(2)19-5-4-6-23(29-19)25-18(15-28-31-25)21-7-8-22-24(30-21)13-17(14-27-22)20-9-11-33(32-20)12-10-26-3/h4-9,11,13-16,26H,10,12H2,1-3H3,(H,28,31). The van der Waals surface area contributed by atoms with Crippen LogP contribution in [0.25, 0.3) is 44.9 Å². The number of H-pyrrole nitrogens is 1. The van der Waals surface area contributed by atoms with E-state index < -0.39 is 0 Å². The van der Waals surface area contributed by atoms with Gasteiger partial charge in [-0.3, -0.25) is 19.7 Å². The van der Waals surface area contributed by atoms with Gasteiger partial charge in [-0.25, -0.2) is 4.98 Å². The maximum absolute atomic E-state index is 4.91. The van der Waals surface area contributed by atoms with Gasteiger partial charge in [0.15, 0.2) is 0 Å². The van der Waals surface area contributed by atoms with Crippen LogP contribution in [0.5, 0.6) is 0 Å². The highest BCUT2D eigenvalue weighted by atomic mass is 15.3. The molecule has 0 aliphatic rings. The Kier molecular flexibility index (Phi) is 5.66. The number of hydrogen-bond acceptors (Lipinski definition) is 6. The third-order valence-electron chi connectivity index (χ3n) is 5.59. The van der Waals surface area contributed by atoms with E-state index in [0.29, 0.717) is 5.92 Å². The van der Waals surface area contributed by atoms with Crippen molar-refractivity contribution in [2.45, 2.75) is 26.3 Å². The van der Waals surface area contributed by atoms with E-state index in [-0.39, 0.29) is 0 Å². The number of aromatic nitrogens is 7. The predicted octanol–water partition coefficient (Wildman–Crippen LogP) is 4.29. The van der Waals surface area contributed by atoms with Gasteiger partial charge in [0, 0.05) is 42.0 Å². The normalized spacial score (nSPS) is 11.5. The minimum atomic E-state index is 0.345. The lowest BCUT2D eigenvalue weighted by Crippen LogP contribution is -2.15. The molecule has 5 rings (SSSR count). The molecule has 166 valence electrons. The summed E-state index contributed by atoms with van der Waals surface area (Å²) in [5, 5.41) is 15.3. The molecular formula is C25H26N8. The highest BCUT2D eigenvalue weighted by molar-refractivity contribution is 5.84. The maximum Gasteiger partial charge on any atom is 0.120 e. The molecule has 0 atom stereocenters. The molecule has 8 heteroatoms. The first-order valence-electron chi connectivity index (χ1n) is 11.1. The molecule has 5 heterocycles. The zero-order valence-corrected chi connectivity index (χ0v) is 18.9. The first-order chi connectivity index (χ1) is 16.1. The van der Waals surface area contributed by atoms with Gasteiger partial charge in [-0.05, 0) is 49.4 Å². The monoisotopic (exact) mass is 438 g/mol. The Morgan fingerprint density at radius 1 is 1.00 bits per heavy atom. The second kappa shape index (κ2) is 8.91. The van der Waals surface area contributed by atoms with Crippen LogP contribution in [0.1, 0.15) is 25.5 Å². The van der Waals surface area contributed by atoms with Crippen LogP contribution in [0.2, 0.25) is 0 Å². The second-order valence-electron chi connectivity index (χ2n) is 8.28. The quantitative estimate of drug-likeness (QED) is 0.393. The van der Waals surface area contributed by atoms with Gasteiger partial charge >= 0.3 is 0 Å². The SMILES string of the molecule is CNCCn1ccc(-c2cnc3ccc(-c4c[nH]nc4-c4cccc(C(C)C)n4)nc3c2)n1. The molecule has 5 aromatic rings. The number of rotatable bonds is 7. The molecule has 0 aromatic carbocycles. The number of likely N-dealkylation sites (N-methyl/N-ethyl adjacent to an activating group) is 1. The smallest absolute Gasteiger partial charge is 0.120 e. The Balaban J connectivity index is 1.51. The summed E-state index contributed by atoms with van der Waals surface area (Å²) >= 11 is 0.